The quantitative estimate of drug-likeness (QED) is 0.837. The lowest BCUT2D eigenvalue weighted by molar-refractivity contribution is -0.121. The van der Waals surface area contributed by atoms with E-state index in [2.05, 4.69) is 15.8 Å². The van der Waals surface area contributed by atoms with E-state index in [1.54, 1.807) is 0 Å². The fourth-order valence-electron chi connectivity index (χ4n) is 4.15. The molecule has 0 aromatic heterocycles. The van der Waals surface area contributed by atoms with E-state index in [9.17, 15) is 9.59 Å². The van der Waals surface area contributed by atoms with Crippen molar-refractivity contribution in [2.75, 3.05) is 5.32 Å². The second-order valence-corrected chi connectivity index (χ2v) is 7.43. The summed E-state index contributed by atoms with van der Waals surface area (Å²) in [4.78, 5) is 24.3. The minimum Gasteiger partial charge on any atom is -0.325 e. The van der Waals surface area contributed by atoms with Gasteiger partial charge in [-0.15, -0.1) is 0 Å². The van der Waals surface area contributed by atoms with Gasteiger partial charge in [-0.05, 0) is 31.4 Å². The highest BCUT2D eigenvalue weighted by Crippen LogP contribution is 2.53. The summed E-state index contributed by atoms with van der Waals surface area (Å²) >= 11 is 1.25. The Balaban J connectivity index is 1.82. The third kappa shape index (κ3) is 1.76. The number of hydrazone groups is 1. The summed E-state index contributed by atoms with van der Waals surface area (Å²) in [6, 6.07) is 7.93. The molecular weight excluding hydrogens is 298 g/mol. The predicted molar refractivity (Wildman–Crippen MR) is 87.1 cm³/mol. The normalized spacial score (nSPS) is 33.4. The largest absolute Gasteiger partial charge is 0.325 e. The fraction of sp³-hybridized carbons (Fsp3) is 0.438. The van der Waals surface area contributed by atoms with E-state index in [4.69, 9.17) is 0 Å². The number of nitrogens with zero attached hydrogens (tertiary/aromatic N) is 1. The Bertz CT molecular complexity index is 702. The van der Waals surface area contributed by atoms with Gasteiger partial charge in [0.25, 0.3) is 5.24 Å². The summed E-state index contributed by atoms with van der Waals surface area (Å²) < 4.78 is 0. The second-order valence-electron chi connectivity index (χ2n) is 6.11. The zero-order valence-electron chi connectivity index (χ0n) is 12.3. The molecule has 0 bridgehead atoms. The molecule has 1 aromatic rings. The molecule has 2 amide bonds. The second kappa shape index (κ2) is 4.84. The average molecular weight is 315 g/mol. The number of thioether (sulfide) groups is 1. The Kier molecular flexibility index (Phi) is 3.04. The van der Waals surface area contributed by atoms with Crippen LogP contribution in [-0.2, 0) is 10.2 Å². The van der Waals surface area contributed by atoms with Crippen LogP contribution in [-0.4, -0.2) is 22.1 Å². The summed E-state index contributed by atoms with van der Waals surface area (Å²) in [5.74, 6) is 0.132. The monoisotopic (exact) mass is 315 g/mol. The Morgan fingerprint density at radius 2 is 2.14 bits per heavy atom. The number of carbonyl (C=O) groups is 2. The average Bonchev–Trinajstić information content (AvgIpc) is 3.04. The number of fused-ring (bicyclic) bond motifs is 2. The number of carbonyl (C=O) groups excluding carboxylic acids is 2. The molecule has 22 heavy (non-hydrogen) atoms. The molecule has 2 N–H and O–H groups in total. The van der Waals surface area contributed by atoms with Gasteiger partial charge < -0.3 is 5.32 Å². The summed E-state index contributed by atoms with van der Waals surface area (Å²) in [6.45, 7) is 1.99. The molecule has 1 aliphatic carbocycles. The van der Waals surface area contributed by atoms with Gasteiger partial charge >= 0.3 is 0 Å². The number of rotatable bonds is 1. The number of benzene rings is 1. The van der Waals surface area contributed by atoms with Crippen molar-refractivity contribution in [3.8, 4) is 0 Å². The van der Waals surface area contributed by atoms with Gasteiger partial charge in [-0.3, -0.25) is 9.59 Å². The zero-order valence-corrected chi connectivity index (χ0v) is 13.1. The number of anilines is 1. The predicted octanol–water partition coefficient (Wildman–Crippen LogP) is 2.88. The maximum absolute atomic E-state index is 12.8. The van der Waals surface area contributed by atoms with Gasteiger partial charge in [0.05, 0.1) is 16.4 Å². The lowest BCUT2D eigenvalue weighted by Crippen LogP contribution is -2.46. The third-order valence-corrected chi connectivity index (χ3v) is 5.95. The molecular formula is C16H17N3O2S. The van der Waals surface area contributed by atoms with E-state index in [1.807, 2.05) is 31.2 Å². The van der Waals surface area contributed by atoms with Crippen LogP contribution in [0.15, 0.2) is 29.4 Å². The fourth-order valence-corrected chi connectivity index (χ4v) is 4.90. The minimum atomic E-state index is -0.522. The van der Waals surface area contributed by atoms with Crippen LogP contribution >= 0.6 is 11.8 Å². The first-order chi connectivity index (χ1) is 10.6. The van der Waals surface area contributed by atoms with Gasteiger partial charge in [-0.2, -0.15) is 5.10 Å². The number of hydrogen-bond donors (Lipinski definition) is 2. The van der Waals surface area contributed by atoms with E-state index in [-0.39, 0.29) is 22.3 Å². The van der Waals surface area contributed by atoms with Crippen molar-refractivity contribution in [2.45, 2.75) is 36.9 Å². The van der Waals surface area contributed by atoms with Crippen LogP contribution in [0.3, 0.4) is 0 Å². The van der Waals surface area contributed by atoms with Gasteiger partial charge in [-0.1, -0.05) is 36.4 Å². The highest BCUT2D eigenvalue weighted by molar-refractivity contribution is 8.14. The lowest BCUT2D eigenvalue weighted by Gasteiger charge is -2.33. The Hall–Kier alpha value is -1.82. The molecule has 3 atom stereocenters. The van der Waals surface area contributed by atoms with Gasteiger partial charge in [0.15, 0.2) is 0 Å². The van der Waals surface area contributed by atoms with Crippen LogP contribution in [0.4, 0.5) is 10.5 Å². The summed E-state index contributed by atoms with van der Waals surface area (Å²) in [5, 5.41) is 7.23. The zero-order chi connectivity index (χ0) is 15.3. The molecule has 114 valence electrons. The van der Waals surface area contributed by atoms with E-state index in [0.717, 1.165) is 36.2 Å². The van der Waals surface area contributed by atoms with Gasteiger partial charge in [-0.25, -0.2) is 5.43 Å². The number of hydrogen-bond acceptors (Lipinski definition) is 4. The van der Waals surface area contributed by atoms with Crippen molar-refractivity contribution in [1.82, 2.24) is 5.43 Å². The van der Waals surface area contributed by atoms with E-state index in [1.165, 1.54) is 11.8 Å². The molecule has 3 unspecified atom stereocenters. The highest BCUT2D eigenvalue weighted by Gasteiger charge is 2.57. The minimum absolute atomic E-state index is 0.00860. The van der Waals surface area contributed by atoms with Crippen LogP contribution in [0.2, 0.25) is 0 Å². The van der Waals surface area contributed by atoms with Crippen molar-refractivity contribution in [2.24, 2.45) is 11.0 Å². The molecule has 4 rings (SSSR count). The van der Waals surface area contributed by atoms with Crippen molar-refractivity contribution in [3.05, 3.63) is 29.8 Å². The van der Waals surface area contributed by atoms with E-state index >= 15 is 0 Å². The molecule has 1 saturated carbocycles. The molecule has 2 aliphatic heterocycles. The van der Waals surface area contributed by atoms with Gasteiger partial charge in [0, 0.05) is 11.6 Å². The van der Waals surface area contributed by atoms with Crippen molar-refractivity contribution in [3.63, 3.8) is 0 Å². The Morgan fingerprint density at radius 1 is 1.32 bits per heavy atom. The van der Waals surface area contributed by atoms with Gasteiger partial charge in [0.1, 0.15) is 0 Å². The molecule has 0 radical (unpaired) electrons. The van der Waals surface area contributed by atoms with Crippen LogP contribution in [0.25, 0.3) is 0 Å². The summed E-state index contributed by atoms with van der Waals surface area (Å²) in [6.07, 6.45) is 2.77. The maximum Gasteiger partial charge on any atom is 0.299 e. The van der Waals surface area contributed by atoms with Crippen molar-refractivity contribution >= 4 is 34.3 Å². The first kappa shape index (κ1) is 13.8. The van der Waals surface area contributed by atoms with Gasteiger partial charge in [0.2, 0.25) is 5.91 Å². The third-order valence-electron chi connectivity index (χ3n) is 5.05. The Morgan fingerprint density at radius 3 is 2.95 bits per heavy atom. The molecule has 1 fully saturated rings. The standard InChI is InChI=1S/C16H17N3O2S/c1-9-13(18-19-15(21)22-9)11-6-4-8-16(11)10-5-2-3-7-12(10)17-14(16)20/h2-3,5,7,9,11H,4,6,8H2,1H3,(H,17,20)(H,19,21). The molecule has 3 aliphatic rings. The molecule has 2 heterocycles. The van der Waals surface area contributed by atoms with E-state index in [0.29, 0.717) is 0 Å². The number of amides is 2. The lowest BCUT2D eigenvalue weighted by atomic mass is 9.70. The number of nitrogens with one attached hydrogen (secondary N) is 2. The van der Waals surface area contributed by atoms with Crippen LogP contribution in [0.5, 0.6) is 0 Å². The maximum atomic E-state index is 12.8. The molecule has 1 spiro atoms. The smallest absolute Gasteiger partial charge is 0.299 e. The molecule has 0 saturated heterocycles. The first-order valence-corrected chi connectivity index (χ1v) is 8.46. The number of para-hydroxylation sites is 1. The SMILES string of the molecule is CC1SC(=O)NN=C1C1CCCC12C(=O)Nc1ccccc12. The molecule has 6 heteroatoms. The summed E-state index contributed by atoms with van der Waals surface area (Å²) in [5.41, 5.74) is 4.98. The van der Waals surface area contributed by atoms with E-state index < -0.39 is 5.41 Å². The molecule has 1 aromatic carbocycles. The molecule has 5 nitrogen and oxygen atoms in total. The van der Waals surface area contributed by atoms with Crippen LogP contribution in [0.1, 0.15) is 31.7 Å². The Labute approximate surface area is 132 Å². The highest BCUT2D eigenvalue weighted by atomic mass is 32.2. The summed E-state index contributed by atoms with van der Waals surface area (Å²) in [7, 11) is 0. The van der Waals surface area contributed by atoms with Crippen molar-refractivity contribution < 1.29 is 9.59 Å². The first-order valence-electron chi connectivity index (χ1n) is 7.58. The van der Waals surface area contributed by atoms with Crippen LogP contribution < -0.4 is 10.7 Å². The van der Waals surface area contributed by atoms with Crippen molar-refractivity contribution in [1.29, 1.82) is 0 Å². The van der Waals surface area contributed by atoms with Crippen LogP contribution in [0, 0.1) is 5.92 Å². The topological polar surface area (TPSA) is 70.6 Å².